The van der Waals surface area contributed by atoms with Crippen LogP contribution in [0.5, 0.6) is 0 Å². The van der Waals surface area contributed by atoms with Crippen LogP contribution in [0.2, 0.25) is 0 Å². The zero-order valence-electron chi connectivity index (χ0n) is 15.0. The molecule has 1 aliphatic heterocycles. The summed E-state index contributed by atoms with van der Waals surface area (Å²) in [6.07, 6.45) is 8.57. The standard InChI is InChI=1S/C18H26N4OS/c1-18(2,3)10-15-20-11-14(24-15)17(23)22-8-5-6-13(12-22)16-19-7-9-21(16)4/h7,9,11,13H,5-6,8,10,12H2,1-4H3. The Labute approximate surface area is 147 Å². The van der Waals surface area contributed by atoms with E-state index in [1.165, 1.54) is 0 Å². The zero-order chi connectivity index (χ0) is 17.3. The molecular weight excluding hydrogens is 320 g/mol. The molecule has 1 amide bonds. The number of aryl methyl sites for hydroxylation is 1. The van der Waals surface area contributed by atoms with Crippen LogP contribution >= 0.6 is 11.3 Å². The van der Waals surface area contributed by atoms with Gasteiger partial charge < -0.3 is 9.47 Å². The van der Waals surface area contributed by atoms with Gasteiger partial charge in [-0.3, -0.25) is 4.79 Å². The van der Waals surface area contributed by atoms with Crippen molar-refractivity contribution < 1.29 is 4.79 Å². The van der Waals surface area contributed by atoms with Gasteiger partial charge in [-0.15, -0.1) is 11.3 Å². The van der Waals surface area contributed by atoms with Crippen molar-refractivity contribution >= 4 is 17.2 Å². The van der Waals surface area contributed by atoms with E-state index in [4.69, 9.17) is 0 Å². The van der Waals surface area contributed by atoms with E-state index in [0.29, 0.717) is 5.92 Å². The van der Waals surface area contributed by atoms with E-state index in [1.807, 2.05) is 24.3 Å². The van der Waals surface area contributed by atoms with Gasteiger partial charge in [0.25, 0.3) is 5.91 Å². The second-order valence-corrected chi connectivity index (χ2v) is 8.96. The lowest BCUT2D eigenvalue weighted by Gasteiger charge is -2.32. The highest BCUT2D eigenvalue weighted by Crippen LogP contribution is 2.28. The molecule has 0 aromatic carbocycles. The summed E-state index contributed by atoms with van der Waals surface area (Å²) >= 11 is 1.54. The lowest BCUT2D eigenvalue weighted by molar-refractivity contribution is 0.0708. The first-order valence-corrected chi connectivity index (χ1v) is 9.36. The number of aromatic nitrogens is 3. The van der Waals surface area contributed by atoms with Gasteiger partial charge >= 0.3 is 0 Å². The second-order valence-electron chi connectivity index (χ2n) is 7.84. The Morgan fingerprint density at radius 2 is 2.17 bits per heavy atom. The van der Waals surface area contributed by atoms with E-state index < -0.39 is 0 Å². The van der Waals surface area contributed by atoms with E-state index in [9.17, 15) is 4.79 Å². The average Bonchev–Trinajstić information content (AvgIpc) is 3.14. The molecule has 130 valence electrons. The van der Waals surface area contributed by atoms with Crippen LogP contribution in [0.15, 0.2) is 18.6 Å². The van der Waals surface area contributed by atoms with Gasteiger partial charge in [0.15, 0.2) is 0 Å². The number of carbonyl (C=O) groups excluding carboxylic acids is 1. The number of carbonyl (C=O) groups is 1. The quantitative estimate of drug-likeness (QED) is 0.855. The summed E-state index contributed by atoms with van der Waals surface area (Å²) in [6, 6.07) is 0. The van der Waals surface area contributed by atoms with Crippen molar-refractivity contribution in [3.8, 4) is 0 Å². The Morgan fingerprint density at radius 1 is 1.38 bits per heavy atom. The first kappa shape index (κ1) is 17.1. The number of nitrogens with zero attached hydrogens (tertiary/aromatic N) is 4. The van der Waals surface area contributed by atoms with Crippen molar-refractivity contribution in [2.45, 2.75) is 46.0 Å². The largest absolute Gasteiger partial charge is 0.338 e. The van der Waals surface area contributed by atoms with Crippen molar-refractivity contribution in [3.63, 3.8) is 0 Å². The fraction of sp³-hybridized carbons (Fsp3) is 0.611. The first-order chi connectivity index (χ1) is 11.3. The third-order valence-corrected chi connectivity index (χ3v) is 5.36. The van der Waals surface area contributed by atoms with Crippen LogP contribution in [0.1, 0.15) is 60.0 Å². The van der Waals surface area contributed by atoms with Crippen LogP contribution in [0.3, 0.4) is 0 Å². The van der Waals surface area contributed by atoms with Crippen LogP contribution in [0.25, 0.3) is 0 Å². The predicted molar refractivity (Wildman–Crippen MR) is 96.4 cm³/mol. The summed E-state index contributed by atoms with van der Waals surface area (Å²) in [5.74, 6) is 1.52. The summed E-state index contributed by atoms with van der Waals surface area (Å²) in [6.45, 7) is 8.15. The minimum Gasteiger partial charge on any atom is -0.338 e. The van der Waals surface area contributed by atoms with Crippen molar-refractivity contribution in [1.82, 2.24) is 19.4 Å². The predicted octanol–water partition coefficient (Wildman–Crippen LogP) is 3.49. The minimum atomic E-state index is 0.117. The fourth-order valence-corrected chi connectivity index (χ4v) is 4.43. The zero-order valence-corrected chi connectivity index (χ0v) is 15.8. The lowest BCUT2D eigenvalue weighted by Crippen LogP contribution is -2.39. The molecule has 0 spiro atoms. The van der Waals surface area contributed by atoms with E-state index >= 15 is 0 Å². The van der Waals surface area contributed by atoms with Gasteiger partial charge in [0.1, 0.15) is 10.7 Å². The Morgan fingerprint density at radius 3 is 2.83 bits per heavy atom. The molecule has 2 aromatic rings. The molecule has 0 radical (unpaired) electrons. The molecule has 2 aromatic heterocycles. The highest BCUT2D eigenvalue weighted by molar-refractivity contribution is 7.13. The topological polar surface area (TPSA) is 51.0 Å². The van der Waals surface area contributed by atoms with Crippen molar-refractivity contribution in [2.24, 2.45) is 12.5 Å². The van der Waals surface area contributed by atoms with Gasteiger partial charge in [0.05, 0.1) is 11.2 Å². The van der Waals surface area contributed by atoms with Crippen LogP contribution < -0.4 is 0 Å². The summed E-state index contributed by atoms with van der Waals surface area (Å²) in [7, 11) is 2.02. The van der Waals surface area contributed by atoms with Crippen LogP contribution in [0, 0.1) is 5.41 Å². The molecule has 3 heterocycles. The van der Waals surface area contributed by atoms with Gasteiger partial charge in [-0.2, -0.15) is 0 Å². The number of thiazole rings is 1. The number of piperidine rings is 1. The molecule has 1 atom stereocenters. The fourth-order valence-electron chi connectivity index (χ4n) is 3.24. The van der Waals surface area contributed by atoms with Gasteiger partial charge in [-0.05, 0) is 18.3 Å². The molecule has 3 rings (SSSR count). The molecule has 0 aliphatic carbocycles. The molecule has 0 N–H and O–H groups in total. The Balaban J connectivity index is 1.70. The maximum atomic E-state index is 12.8. The second kappa shape index (κ2) is 6.67. The SMILES string of the molecule is Cn1ccnc1C1CCCN(C(=O)c2cnc(CC(C)(C)C)s2)C1. The highest BCUT2D eigenvalue weighted by atomic mass is 32.1. The summed E-state index contributed by atoms with van der Waals surface area (Å²) < 4.78 is 2.06. The molecule has 0 saturated carbocycles. The molecule has 1 saturated heterocycles. The van der Waals surface area contributed by atoms with Crippen LogP contribution in [0.4, 0.5) is 0 Å². The maximum absolute atomic E-state index is 12.8. The molecule has 1 aliphatic rings. The normalized spacial score (nSPS) is 18.8. The molecule has 1 fully saturated rings. The van der Waals surface area contributed by atoms with Crippen LogP contribution in [-0.4, -0.2) is 38.4 Å². The van der Waals surface area contributed by atoms with Gasteiger partial charge in [0.2, 0.25) is 0 Å². The maximum Gasteiger partial charge on any atom is 0.265 e. The number of likely N-dealkylation sites (tertiary alicyclic amines) is 1. The number of imidazole rings is 1. The Bertz CT molecular complexity index is 713. The third-order valence-electron chi connectivity index (χ3n) is 4.38. The smallest absolute Gasteiger partial charge is 0.265 e. The molecule has 24 heavy (non-hydrogen) atoms. The first-order valence-electron chi connectivity index (χ1n) is 8.55. The lowest BCUT2D eigenvalue weighted by atomic mass is 9.93. The number of rotatable bonds is 3. The van der Waals surface area contributed by atoms with E-state index in [1.54, 1.807) is 17.5 Å². The van der Waals surface area contributed by atoms with Crippen LogP contribution in [-0.2, 0) is 13.5 Å². The number of hydrogen-bond donors (Lipinski definition) is 0. The molecular formula is C18H26N4OS. The third kappa shape index (κ3) is 3.86. The van der Waals surface area contributed by atoms with Crippen molar-refractivity contribution in [2.75, 3.05) is 13.1 Å². The van der Waals surface area contributed by atoms with Gasteiger partial charge in [-0.1, -0.05) is 20.8 Å². The average molecular weight is 347 g/mol. The molecule has 0 bridgehead atoms. The van der Waals surface area contributed by atoms with Crippen molar-refractivity contribution in [3.05, 3.63) is 34.3 Å². The van der Waals surface area contributed by atoms with E-state index in [0.717, 1.165) is 48.1 Å². The van der Waals surface area contributed by atoms with E-state index in [2.05, 4.69) is 35.3 Å². The number of hydrogen-bond acceptors (Lipinski definition) is 4. The Hall–Kier alpha value is -1.69. The number of amides is 1. The molecule has 6 heteroatoms. The summed E-state index contributed by atoms with van der Waals surface area (Å²) in [4.78, 5) is 24.5. The molecule has 5 nitrogen and oxygen atoms in total. The molecule has 1 unspecified atom stereocenters. The summed E-state index contributed by atoms with van der Waals surface area (Å²) in [5, 5.41) is 1.04. The van der Waals surface area contributed by atoms with E-state index in [-0.39, 0.29) is 11.3 Å². The summed E-state index contributed by atoms with van der Waals surface area (Å²) in [5.41, 5.74) is 0.187. The highest BCUT2D eigenvalue weighted by Gasteiger charge is 2.28. The minimum absolute atomic E-state index is 0.117. The van der Waals surface area contributed by atoms with Gasteiger partial charge in [-0.25, -0.2) is 9.97 Å². The van der Waals surface area contributed by atoms with Gasteiger partial charge in [0, 0.05) is 44.9 Å². The van der Waals surface area contributed by atoms with Crippen molar-refractivity contribution in [1.29, 1.82) is 0 Å². The monoisotopic (exact) mass is 346 g/mol. The Kier molecular flexibility index (Phi) is 4.76.